The first-order valence-electron chi connectivity index (χ1n) is 9.97. The molecule has 1 amide bonds. The number of hydrogen-bond acceptors (Lipinski definition) is 5. The molecule has 0 unspecified atom stereocenters. The summed E-state index contributed by atoms with van der Waals surface area (Å²) >= 11 is 9.51. The average molecular weight is 458 g/mol. The molecule has 0 N–H and O–H groups in total. The molecule has 1 aromatic heterocycles. The lowest BCUT2D eigenvalue weighted by Crippen LogP contribution is -2.48. The molecule has 0 saturated carbocycles. The molecule has 30 heavy (non-hydrogen) atoms. The highest BCUT2D eigenvalue weighted by atomic mass is 35.5. The summed E-state index contributed by atoms with van der Waals surface area (Å²) in [6.45, 7) is 6.14. The van der Waals surface area contributed by atoms with Crippen molar-refractivity contribution in [2.24, 2.45) is 0 Å². The van der Waals surface area contributed by atoms with Crippen LogP contribution in [0.3, 0.4) is 0 Å². The van der Waals surface area contributed by atoms with E-state index in [1.165, 1.54) is 5.56 Å². The lowest BCUT2D eigenvalue weighted by Gasteiger charge is -2.34. The monoisotopic (exact) mass is 457 g/mol. The number of amides is 1. The molecule has 1 fully saturated rings. The maximum atomic E-state index is 12.9. The number of piperazine rings is 1. The molecule has 4 rings (SSSR count). The number of thiazole rings is 1. The van der Waals surface area contributed by atoms with Crippen molar-refractivity contribution in [1.29, 1.82) is 0 Å². The van der Waals surface area contributed by atoms with E-state index in [0.717, 1.165) is 64.7 Å². The first kappa shape index (κ1) is 21.4. The predicted molar refractivity (Wildman–Crippen MR) is 125 cm³/mol. The molecule has 4 nitrogen and oxygen atoms in total. The van der Waals surface area contributed by atoms with E-state index in [1.807, 2.05) is 54.3 Å². The van der Waals surface area contributed by atoms with E-state index in [0.29, 0.717) is 0 Å². The number of hydrogen-bond donors (Lipinski definition) is 0. The number of aryl methyl sites for hydroxylation is 1. The molecule has 0 bridgehead atoms. The smallest absolute Gasteiger partial charge is 0.253 e. The third kappa shape index (κ3) is 5.64. The number of thioether (sulfide) groups is 1. The molecule has 0 aliphatic carbocycles. The van der Waals surface area contributed by atoms with Gasteiger partial charge in [-0.05, 0) is 48.9 Å². The van der Waals surface area contributed by atoms with Crippen molar-refractivity contribution in [3.63, 3.8) is 0 Å². The highest BCUT2D eigenvalue weighted by Gasteiger charge is 2.22. The van der Waals surface area contributed by atoms with Crippen LogP contribution in [0.1, 0.15) is 26.6 Å². The van der Waals surface area contributed by atoms with E-state index >= 15 is 0 Å². The maximum absolute atomic E-state index is 12.9. The minimum absolute atomic E-state index is 0.115. The Morgan fingerprint density at radius 3 is 2.57 bits per heavy atom. The summed E-state index contributed by atoms with van der Waals surface area (Å²) in [6.07, 6.45) is 0. The summed E-state index contributed by atoms with van der Waals surface area (Å²) in [4.78, 5) is 22.9. The van der Waals surface area contributed by atoms with E-state index in [4.69, 9.17) is 11.6 Å². The zero-order valence-corrected chi connectivity index (χ0v) is 19.3. The third-order valence-electron chi connectivity index (χ3n) is 5.11. The average Bonchev–Trinajstić information content (AvgIpc) is 3.18. The molecule has 0 atom stereocenters. The molecule has 1 saturated heterocycles. The lowest BCUT2D eigenvalue weighted by molar-refractivity contribution is 0.0628. The zero-order valence-electron chi connectivity index (χ0n) is 16.9. The van der Waals surface area contributed by atoms with Crippen LogP contribution in [0, 0.1) is 6.92 Å². The van der Waals surface area contributed by atoms with Crippen LogP contribution >= 0.6 is 34.7 Å². The largest absolute Gasteiger partial charge is 0.336 e. The van der Waals surface area contributed by atoms with Crippen molar-refractivity contribution in [3.05, 3.63) is 80.8 Å². The topological polar surface area (TPSA) is 36.4 Å². The van der Waals surface area contributed by atoms with Crippen LogP contribution < -0.4 is 0 Å². The second kappa shape index (κ2) is 9.96. The minimum atomic E-state index is 0.115. The van der Waals surface area contributed by atoms with Crippen molar-refractivity contribution >= 4 is 40.6 Å². The van der Waals surface area contributed by atoms with Crippen molar-refractivity contribution in [2.75, 3.05) is 26.2 Å². The first-order valence-corrected chi connectivity index (χ1v) is 12.2. The Hall–Kier alpha value is -1.86. The van der Waals surface area contributed by atoms with Gasteiger partial charge in [0.15, 0.2) is 0 Å². The molecule has 0 spiro atoms. The maximum Gasteiger partial charge on any atom is 0.253 e. The van der Waals surface area contributed by atoms with E-state index < -0.39 is 0 Å². The Kier molecular flexibility index (Phi) is 7.10. The van der Waals surface area contributed by atoms with Gasteiger partial charge in [-0.2, -0.15) is 0 Å². The van der Waals surface area contributed by atoms with Crippen LogP contribution in [0.4, 0.5) is 0 Å². The summed E-state index contributed by atoms with van der Waals surface area (Å²) in [6, 6.07) is 15.9. The van der Waals surface area contributed by atoms with Gasteiger partial charge >= 0.3 is 0 Å². The number of carbonyl (C=O) groups excluding carboxylic acids is 1. The Bertz CT molecular complexity index is 998. The highest BCUT2D eigenvalue weighted by Crippen LogP contribution is 2.24. The Morgan fingerprint density at radius 1 is 1.13 bits per heavy atom. The second-order valence-electron chi connectivity index (χ2n) is 7.37. The standard InChI is InChI=1S/C23H24ClN3OS2/c1-17-25-21(15-29-17)16-30-22-7-5-19(6-8-22)23(28)27-11-9-26(10-12-27)14-18-3-2-4-20(24)13-18/h2-8,13,15H,9-12,14,16H2,1H3. The molecule has 0 radical (unpaired) electrons. The number of benzene rings is 2. The van der Waals surface area contributed by atoms with Crippen molar-refractivity contribution in [3.8, 4) is 0 Å². The van der Waals surface area contributed by atoms with Gasteiger partial charge in [-0.25, -0.2) is 4.98 Å². The number of halogens is 1. The fourth-order valence-corrected chi connectivity index (χ4v) is 5.23. The van der Waals surface area contributed by atoms with E-state index in [9.17, 15) is 4.79 Å². The number of aromatic nitrogens is 1. The fraction of sp³-hybridized carbons (Fsp3) is 0.304. The normalized spacial score (nSPS) is 14.8. The molecule has 7 heteroatoms. The van der Waals surface area contributed by atoms with Crippen molar-refractivity contribution < 1.29 is 4.79 Å². The van der Waals surface area contributed by atoms with Crippen molar-refractivity contribution in [2.45, 2.75) is 24.1 Å². The molecule has 3 aromatic rings. The Balaban J connectivity index is 1.27. The van der Waals surface area contributed by atoms with Gasteiger partial charge in [0.2, 0.25) is 0 Å². The summed E-state index contributed by atoms with van der Waals surface area (Å²) in [7, 11) is 0. The van der Waals surface area contributed by atoms with Crippen LogP contribution in [0.2, 0.25) is 5.02 Å². The van der Waals surface area contributed by atoms with Crippen LogP contribution in [0.25, 0.3) is 0 Å². The second-order valence-corrected chi connectivity index (χ2v) is 9.92. The molecular formula is C23H24ClN3OS2. The minimum Gasteiger partial charge on any atom is -0.336 e. The molecular weight excluding hydrogens is 434 g/mol. The number of rotatable bonds is 6. The Labute approximate surface area is 190 Å². The third-order valence-corrected chi connectivity index (χ3v) is 7.21. The Morgan fingerprint density at radius 2 is 1.90 bits per heavy atom. The fourth-order valence-electron chi connectivity index (χ4n) is 3.51. The van der Waals surface area contributed by atoms with Crippen LogP contribution in [-0.4, -0.2) is 46.9 Å². The lowest BCUT2D eigenvalue weighted by atomic mass is 10.1. The van der Waals surface area contributed by atoms with E-state index in [2.05, 4.69) is 21.3 Å². The van der Waals surface area contributed by atoms with Crippen LogP contribution in [0.15, 0.2) is 58.8 Å². The zero-order chi connectivity index (χ0) is 20.9. The van der Waals surface area contributed by atoms with Gasteiger partial charge in [0.25, 0.3) is 5.91 Å². The highest BCUT2D eigenvalue weighted by molar-refractivity contribution is 7.98. The summed E-state index contributed by atoms with van der Waals surface area (Å²) in [5.74, 6) is 0.968. The summed E-state index contributed by atoms with van der Waals surface area (Å²) in [5.41, 5.74) is 3.08. The molecule has 1 aliphatic heterocycles. The first-order chi connectivity index (χ1) is 14.6. The van der Waals surface area contributed by atoms with E-state index in [-0.39, 0.29) is 5.91 Å². The van der Waals surface area contributed by atoms with E-state index in [1.54, 1.807) is 23.1 Å². The number of carbonyl (C=O) groups is 1. The van der Waals surface area contributed by atoms with Crippen LogP contribution in [0.5, 0.6) is 0 Å². The van der Waals surface area contributed by atoms with Gasteiger partial charge in [0, 0.05) is 59.3 Å². The van der Waals surface area contributed by atoms with Crippen LogP contribution in [-0.2, 0) is 12.3 Å². The van der Waals surface area contributed by atoms with Gasteiger partial charge in [-0.1, -0.05) is 23.7 Å². The van der Waals surface area contributed by atoms with Gasteiger partial charge in [-0.3, -0.25) is 9.69 Å². The van der Waals surface area contributed by atoms with Gasteiger partial charge in [-0.15, -0.1) is 23.1 Å². The molecule has 1 aliphatic rings. The van der Waals surface area contributed by atoms with Crippen molar-refractivity contribution in [1.82, 2.24) is 14.8 Å². The van der Waals surface area contributed by atoms with Gasteiger partial charge in [0.05, 0.1) is 10.7 Å². The van der Waals surface area contributed by atoms with Gasteiger partial charge in [0.1, 0.15) is 0 Å². The quantitative estimate of drug-likeness (QED) is 0.467. The molecule has 2 aromatic carbocycles. The molecule has 156 valence electrons. The predicted octanol–water partition coefficient (Wildman–Crippen LogP) is 5.36. The number of nitrogens with zero attached hydrogens (tertiary/aromatic N) is 3. The summed E-state index contributed by atoms with van der Waals surface area (Å²) < 4.78 is 0. The SMILES string of the molecule is Cc1nc(CSc2ccc(C(=O)N3CCN(Cc4cccc(Cl)c4)CC3)cc2)cs1. The summed E-state index contributed by atoms with van der Waals surface area (Å²) in [5, 5.41) is 3.97. The van der Waals surface area contributed by atoms with Gasteiger partial charge < -0.3 is 4.90 Å². The molecule has 2 heterocycles.